The molecule has 2 amide bonds. The van der Waals surface area contributed by atoms with Crippen molar-refractivity contribution in [2.45, 2.75) is 45.2 Å². The van der Waals surface area contributed by atoms with Crippen LogP contribution in [0.5, 0.6) is 0 Å². The van der Waals surface area contributed by atoms with Gasteiger partial charge in [0.15, 0.2) is 5.65 Å². The van der Waals surface area contributed by atoms with E-state index in [2.05, 4.69) is 26.8 Å². The van der Waals surface area contributed by atoms with Gasteiger partial charge >= 0.3 is 0 Å². The molecule has 29 heavy (non-hydrogen) atoms. The van der Waals surface area contributed by atoms with Gasteiger partial charge in [0, 0.05) is 37.1 Å². The molecule has 10 heteroatoms. The SMILES string of the molecule is Cc1cc2ncc(C(=O)NCC(C)(C)NCC(=O)N3CCCC3C#N)cn2n1.Cl. The van der Waals surface area contributed by atoms with Crippen LogP contribution < -0.4 is 10.6 Å². The Morgan fingerprint density at radius 2 is 2.17 bits per heavy atom. The summed E-state index contributed by atoms with van der Waals surface area (Å²) in [5.41, 5.74) is 1.44. The van der Waals surface area contributed by atoms with Gasteiger partial charge in [-0.15, -0.1) is 12.4 Å². The minimum Gasteiger partial charge on any atom is -0.350 e. The predicted molar refractivity (Wildman–Crippen MR) is 110 cm³/mol. The highest BCUT2D eigenvalue weighted by atomic mass is 35.5. The van der Waals surface area contributed by atoms with E-state index in [1.165, 1.54) is 6.20 Å². The first kappa shape index (κ1) is 22.6. The Bertz CT molecular complexity index is 934. The summed E-state index contributed by atoms with van der Waals surface area (Å²) in [6.45, 7) is 6.76. The third-order valence-corrected chi connectivity index (χ3v) is 4.83. The van der Waals surface area contributed by atoms with E-state index in [0.29, 0.717) is 24.3 Å². The molecule has 2 aromatic heterocycles. The van der Waals surface area contributed by atoms with E-state index in [-0.39, 0.29) is 36.8 Å². The van der Waals surface area contributed by atoms with Gasteiger partial charge in [0.1, 0.15) is 6.04 Å². The van der Waals surface area contributed by atoms with Crippen molar-refractivity contribution in [3.05, 3.63) is 29.7 Å². The van der Waals surface area contributed by atoms with Gasteiger partial charge in [0.05, 0.1) is 23.9 Å². The Morgan fingerprint density at radius 1 is 1.41 bits per heavy atom. The van der Waals surface area contributed by atoms with Gasteiger partial charge in [-0.2, -0.15) is 10.4 Å². The summed E-state index contributed by atoms with van der Waals surface area (Å²) in [7, 11) is 0. The molecule has 0 bridgehead atoms. The Morgan fingerprint density at radius 3 is 2.90 bits per heavy atom. The van der Waals surface area contributed by atoms with Crippen molar-refractivity contribution in [3.63, 3.8) is 0 Å². The standard InChI is InChI=1S/C19H25N7O2.ClH/c1-13-7-16-21-9-14(11-26(16)24-13)18(28)22-12-19(2,3)23-10-17(27)25-6-4-5-15(25)8-20;/h7,9,11,15,23H,4-6,10,12H2,1-3H3,(H,22,28);1H. The molecule has 0 saturated carbocycles. The van der Waals surface area contributed by atoms with Crippen LogP contribution in [0.4, 0.5) is 0 Å². The van der Waals surface area contributed by atoms with Crippen LogP contribution in [0.1, 0.15) is 42.7 Å². The van der Waals surface area contributed by atoms with E-state index >= 15 is 0 Å². The number of halogens is 1. The quantitative estimate of drug-likeness (QED) is 0.723. The second kappa shape index (κ2) is 9.20. The summed E-state index contributed by atoms with van der Waals surface area (Å²) < 4.78 is 1.58. The third kappa shape index (κ3) is 5.43. The van der Waals surface area contributed by atoms with Crippen LogP contribution in [0.3, 0.4) is 0 Å². The molecule has 1 fully saturated rings. The minimum atomic E-state index is -0.493. The number of hydrogen-bond donors (Lipinski definition) is 2. The lowest BCUT2D eigenvalue weighted by Crippen LogP contribution is -2.52. The molecule has 0 aliphatic carbocycles. The number of hydrogen-bond acceptors (Lipinski definition) is 6. The van der Waals surface area contributed by atoms with E-state index in [1.54, 1.807) is 15.6 Å². The molecule has 2 aromatic rings. The zero-order chi connectivity index (χ0) is 20.3. The molecule has 0 aromatic carbocycles. The van der Waals surface area contributed by atoms with Crippen molar-refractivity contribution in [2.75, 3.05) is 19.6 Å². The maximum absolute atomic E-state index is 12.4. The van der Waals surface area contributed by atoms with Crippen LogP contribution >= 0.6 is 12.4 Å². The Labute approximate surface area is 175 Å². The number of nitriles is 1. The van der Waals surface area contributed by atoms with Crippen LogP contribution in [0, 0.1) is 18.3 Å². The highest BCUT2D eigenvalue weighted by molar-refractivity contribution is 5.93. The summed E-state index contributed by atoms with van der Waals surface area (Å²) in [4.78, 5) is 30.6. The summed E-state index contributed by atoms with van der Waals surface area (Å²) in [5.74, 6) is -0.347. The van der Waals surface area contributed by atoms with Gasteiger partial charge in [-0.1, -0.05) is 0 Å². The Kier molecular flexibility index (Phi) is 7.16. The van der Waals surface area contributed by atoms with Crippen molar-refractivity contribution >= 4 is 29.9 Å². The topological polar surface area (TPSA) is 115 Å². The number of carbonyl (C=O) groups is 2. The molecule has 1 unspecified atom stereocenters. The van der Waals surface area contributed by atoms with Crippen LogP contribution in [0.15, 0.2) is 18.5 Å². The average molecular weight is 420 g/mol. The molecule has 1 saturated heterocycles. The number of amides is 2. The average Bonchev–Trinajstić information content (AvgIpc) is 3.28. The zero-order valence-electron chi connectivity index (χ0n) is 16.8. The summed E-state index contributed by atoms with van der Waals surface area (Å²) >= 11 is 0. The van der Waals surface area contributed by atoms with Gasteiger partial charge in [-0.25, -0.2) is 9.50 Å². The third-order valence-electron chi connectivity index (χ3n) is 4.83. The first-order valence-electron chi connectivity index (χ1n) is 9.33. The van der Waals surface area contributed by atoms with Crippen molar-refractivity contribution in [2.24, 2.45) is 0 Å². The van der Waals surface area contributed by atoms with Gasteiger partial charge in [0.25, 0.3) is 5.91 Å². The number of aryl methyl sites for hydroxylation is 1. The number of carbonyl (C=O) groups excluding carboxylic acids is 2. The van der Waals surface area contributed by atoms with Crippen molar-refractivity contribution in [1.29, 1.82) is 5.26 Å². The van der Waals surface area contributed by atoms with E-state index in [0.717, 1.165) is 18.5 Å². The van der Waals surface area contributed by atoms with Crippen molar-refractivity contribution in [1.82, 2.24) is 30.1 Å². The summed E-state index contributed by atoms with van der Waals surface area (Å²) in [5, 5.41) is 19.4. The van der Waals surface area contributed by atoms with E-state index in [4.69, 9.17) is 5.26 Å². The second-order valence-corrected chi connectivity index (χ2v) is 7.73. The molecule has 9 nitrogen and oxygen atoms in total. The maximum Gasteiger partial charge on any atom is 0.254 e. The van der Waals surface area contributed by atoms with E-state index in [9.17, 15) is 9.59 Å². The van der Waals surface area contributed by atoms with Crippen molar-refractivity contribution in [3.8, 4) is 6.07 Å². The fraction of sp³-hybridized carbons (Fsp3) is 0.526. The fourth-order valence-corrected chi connectivity index (χ4v) is 3.19. The lowest BCUT2D eigenvalue weighted by molar-refractivity contribution is -0.130. The maximum atomic E-state index is 12.4. The number of likely N-dealkylation sites (tertiary alicyclic amines) is 1. The normalized spacial score (nSPS) is 16.3. The molecule has 0 radical (unpaired) electrons. The molecule has 156 valence electrons. The molecule has 1 atom stereocenters. The number of aromatic nitrogens is 3. The summed E-state index contributed by atoms with van der Waals surface area (Å²) in [6.07, 6.45) is 4.75. The van der Waals surface area contributed by atoms with Gasteiger partial charge < -0.3 is 15.5 Å². The molecule has 2 N–H and O–H groups in total. The number of rotatable bonds is 6. The van der Waals surface area contributed by atoms with Crippen molar-refractivity contribution < 1.29 is 9.59 Å². The molecular formula is C19H26ClN7O2. The zero-order valence-corrected chi connectivity index (χ0v) is 17.6. The number of nitrogens with one attached hydrogen (secondary N) is 2. The van der Waals surface area contributed by atoms with Gasteiger partial charge in [-0.3, -0.25) is 9.59 Å². The van der Waals surface area contributed by atoms with Crippen LogP contribution in [0.25, 0.3) is 5.65 Å². The van der Waals surface area contributed by atoms with Gasteiger partial charge in [0.2, 0.25) is 5.91 Å². The summed E-state index contributed by atoms with van der Waals surface area (Å²) in [6, 6.07) is 3.68. The molecule has 0 spiro atoms. The fourth-order valence-electron chi connectivity index (χ4n) is 3.19. The predicted octanol–water partition coefficient (Wildman–Crippen LogP) is 1.07. The highest BCUT2D eigenvalue weighted by Gasteiger charge is 2.29. The van der Waals surface area contributed by atoms with Gasteiger partial charge in [-0.05, 0) is 33.6 Å². The van der Waals surface area contributed by atoms with Crippen LogP contribution in [0.2, 0.25) is 0 Å². The molecular weight excluding hydrogens is 394 g/mol. The second-order valence-electron chi connectivity index (χ2n) is 7.73. The number of nitrogens with zero attached hydrogens (tertiary/aromatic N) is 5. The van der Waals surface area contributed by atoms with E-state index < -0.39 is 5.54 Å². The smallest absolute Gasteiger partial charge is 0.254 e. The molecule has 1 aliphatic rings. The molecule has 3 heterocycles. The highest BCUT2D eigenvalue weighted by Crippen LogP contribution is 2.16. The lowest BCUT2D eigenvalue weighted by atomic mass is 10.1. The first-order valence-corrected chi connectivity index (χ1v) is 9.33. The number of fused-ring (bicyclic) bond motifs is 1. The lowest BCUT2D eigenvalue weighted by Gasteiger charge is -2.28. The van der Waals surface area contributed by atoms with E-state index in [1.807, 2.05) is 26.8 Å². The minimum absolute atomic E-state index is 0. The van der Waals surface area contributed by atoms with Crippen LogP contribution in [-0.2, 0) is 4.79 Å². The molecule has 1 aliphatic heterocycles. The Hall–Kier alpha value is -2.70. The Balaban J connectivity index is 0.00000300. The molecule has 3 rings (SSSR count). The first-order chi connectivity index (χ1) is 13.3. The monoisotopic (exact) mass is 419 g/mol. The van der Waals surface area contributed by atoms with Crippen LogP contribution in [-0.4, -0.2) is 62.5 Å². The largest absolute Gasteiger partial charge is 0.350 e.